The lowest BCUT2D eigenvalue weighted by molar-refractivity contribution is -0.184. The molecule has 1 rings (SSSR count). The molecule has 0 fully saturated rings. The predicted molar refractivity (Wildman–Crippen MR) is 61.6 cm³/mol. The topological polar surface area (TPSA) is 0 Å². The van der Waals surface area contributed by atoms with E-state index in [1.807, 2.05) is 0 Å². The van der Waals surface area contributed by atoms with E-state index in [4.69, 9.17) is 0 Å². The fourth-order valence-corrected chi connectivity index (χ4v) is 2.44. The molecule has 0 heterocycles. The molecule has 0 saturated heterocycles. The van der Waals surface area contributed by atoms with Crippen molar-refractivity contribution in [2.75, 3.05) is 0 Å². The molecule has 0 nitrogen and oxygen atoms in total. The van der Waals surface area contributed by atoms with Crippen LogP contribution in [0.3, 0.4) is 0 Å². The molecule has 0 aliphatic heterocycles. The molecule has 0 saturated carbocycles. The van der Waals surface area contributed by atoms with Crippen molar-refractivity contribution in [3.63, 3.8) is 0 Å². The molecule has 114 valence electrons. The summed E-state index contributed by atoms with van der Waals surface area (Å²) in [7, 11) is 0. The lowest BCUT2D eigenvalue weighted by Gasteiger charge is -2.18. The van der Waals surface area contributed by atoms with Gasteiger partial charge in [-0.05, 0) is 12.1 Å². The van der Waals surface area contributed by atoms with E-state index in [9.17, 15) is 35.1 Å². The van der Waals surface area contributed by atoms with E-state index < -0.39 is 44.8 Å². The first-order valence-electron chi connectivity index (χ1n) is 4.76. The van der Waals surface area contributed by atoms with Crippen LogP contribution >= 0.6 is 31.9 Å². The lowest BCUT2D eigenvalue weighted by atomic mass is 10.0. The van der Waals surface area contributed by atoms with E-state index in [0.29, 0.717) is 12.1 Å². The highest BCUT2D eigenvalue weighted by molar-refractivity contribution is 9.11. The smallest absolute Gasteiger partial charge is 0.232 e. The first-order chi connectivity index (χ1) is 8.85. The van der Waals surface area contributed by atoms with E-state index in [-0.39, 0.29) is 0 Å². The second-order valence-corrected chi connectivity index (χ2v) is 5.41. The molecule has 0 aromatic heterocycles. The van der Waals surface area contributed by atoms with Crippen molar-refractivity contribution < 1.29 is 35.1 Å². The van der Waals surface area contributed by atoms with Crippen molar-refractivity contribution in [3.8, 4) is 0 Å². The molecule has 2 atom stereocenters. The molecule has 0 bridgehead atoms. The highest BCUT2D eigenvalue weighted by Crippen LogP contribution is 2.45. The molecule has 1 aromatic carbocycles. The third-order valence-corrected chi connectivity index (χ3v) is 3.61. The molecule has 0 aliphatic carbocycles. The minimum atomic E-state index is -5.22. The Morgan fingerprint density at radius 1 is 0.700 bits per heavy atom. The van der Waals surface area contributed by atoms with Crippen molar-refractivity contribution in [1.82, 2.24) is 0 Å². The van der Waals surface area contributed by atoms with E-state index in [0.717, 1.165) is 0 Å². The largest absolute Gasteiger partial charge is 0.423 e. The van der Waals surface area contributed by atoms with E-state index in [1.165, 1.54) is 0 Å². The Morgan fingerprint density at radius 2 is 0.950 bits per heavy atom. The minimum Gasteiger partial charge on any atom is -0.232 e. The second kappa shape index (κ2) is 5.78. The van der Waals surface area contributed by atoms with Gasteiger partial charge in [-0.15, -0.1) is 0 Å². The normalized spacial score (nSPS) is 16.1. The van der Waals surface area contributed by atoms with E-state index in [1.54, 1.807) is 0 Å². The zero-order chi connectivity index (χ0) is 15.9. The Hall–Kier alpha value is -0.380. The van der Waals surface area contributed by atoms with Crippen molar-refractivity contribution in [2.45, 2.75) is 24.7 Å². The molecular weight excluding hydrogens is 432 g/mol. The summed E-state index contributed by atoms with van der Waals surface area (Å²) >= 11 is 5.03. The Balaban J connectivity index is 3.29. The summed E-state index contributed by atoms with van der Waals surface area (Å²) < 4.78 is 98.5. The fourth-order valence-electron chi connectivity index (χ4n) is 1.32. The summed E-state index contributed by atoms with van der Waals surface area (Å²) in [4.78, 5) is 0. The third kappa shape index (κ3) is 3.84. The van der Waals surface area contributed by atoms with Crippen molar-refractivity contribution in [1.29, 1.82) is 0 Å². The van der Waals surface area contributed by atoms with Gasteiger partial charge in [0.05, 0.1) is 0 Å². The first-order valence-corrected chi connectivity index (χ1v) is 6.34. The van der Waals surface area contributed by atoms with Gasteiger partial charge >= 0.3 is 12.4 Å². The number of rotatable bonds is 2. The molecule has 0 aliphatic rings. The fraction of sp³-hybridized carbons (Fsp3) is 0.400. The molecule has 2 unspecified atom stereocenters. The Morgan fingerprint density at radius 3 is 1.15 bits per heavy atom. The van der Waals surface area contributed by atoms with Crippen LogP contribution in [-0.4, -0.2) is 12.4 Å². The zero-order valence-electron chi connectivity index (χ0n) is 9.09. The molecule has 1 aromatic rings. The van der Waals surface area contributed by atoms with Gasteiger partial charge in [-0.3, -0.25) is 0 Å². The van der Waals surface area contributed by atoms with Crippen LogP contribution in [0.2, 0.25) is 0 Å². The average molecular weight is 436 g/mol. The number of halogens is 10. The molecule has 0 radical (unpaired) electrons. The SMILES string of the molecule is FC(c1cc(Br)c(C(F)C(F)(F)F)cc1Br)C(F)(F)F. The molecule has 0 spiro atoms. The van der Waals surface area contributed by atoms with Crippen LogP contribution in [0.15, 0.2) is 21.1 Å². The second-order valence-electron chi connectivity index (χ2n) is 3.70. The minimum absolute atomic E-state index is 0.468. The van der Waals surface area contributed by atoms with Crippen LogP contribution < -0.4 is 0 Å². The zero-order valence-corrected chi connectivity index (χ0v) is 12.3. The van der Waals surface area contributed by atoms with E-state index >= 15 is 0 Å². The predicted octanol–water partition coefficient (Wildman–Crippen LogP) is 6.36. The van der Waals surface area contributed by atoms with Crippen molar-refractivity contribution >= 4 is 31.9 Å². The quantitative estimate of drug-likeness (QED) is 0.474. The summed E-state index contributed by atoms with van der Waals surface area (Å²) in [6.45, 7) is 0. The maximum Gasteiger partial charge on any atom is 0.423 e. The molecule has 0 N–H and O–H groups in total. The summed E-state index contributed by atoms with van der Waals surface area (Å²) in [6, 6.07) is 0.936. The summed E-state index contributed by atoms with van der Waals surface area (Å²) in [6.07, 6.45) is -17.2. The summed E-state index contributed by atoms with van der Waals surface area (Å²) in [5.41, 5.74) is -1.88. The van der Waals surface area contributed by atoms with Gasteiger partial charge in [0.1, 0.15) is 0 Å². The Kier molecular flexibility index (Phi) is 5.11. The standard InChI is InChI=1S/C10H4Br2F8/c11-5-1-3(7(13)9(15,16)17)6(12)2-4(5)8(14)10(18,19)20/h1-2,7-8H. The van der Waals surface area contributed by atoms with Gasteiger partial charge in [0, 0.05) is 20.1 Å². The lowest BCUT2D eigenvalue weighted by Crippen LogP contribution is -2.19. The van der Waals surface area contributed by atoms with Gasteiger partial charge in [-0.2, -0.15) is 26.3 Å². The maximum atomic E-state index is 13.2. The van der Waals surface area contributed by atoms with Gasteiger partial charge in [-0.25, -0.2) is 8.78 Å². The Labute approximate surface area is 124 Å². The summed E-state index contributed by atoms with van der Waals surface area (Å²) in [5.74, 6) is 0. The van der Waals surface area contributed by atoms with Gasteiger partial charge in [0.15, 0.2) is 0 Å². The number of hydrogen-bond donors (Lipinski definition) is 0. The van der Waals surface area contributed by atoms with Gasteiger partial charge in [0.2, 0.25) is 12.3 Å². The molecule has 20 heavy (non-hydrogen) atoms. The van der Waals surface area contributed by atoms with Crippen molar-refractivity contribution in [2.24, 2.45) is 0 Å². The van der Waals surface area contributed by atoms with Crippen LogP contribution in [0, 0.1) is 0 Å². The number of benzene rings is 1. The summed E-state index contributed by atoms with van der Waals surface area (Å²) in [5, 5.41) is 0. The molecular formula is C10H4Br2F8. The number of alkyl halides is 8. The van der Waals surface area contributed by atoms with Gasteiger partial charge in [0.25, 0.3) is 0 Å². The highest BCUT2D eigenvalue weighted by Gasteiger charge is 2.45. The van der Waals surface area contributed by atoms with Crippen LogP contribution in [0.25, 0.3) is 0 Å². The number of hydrogen-bond acceptors (Lipinski definition) is 0. The molecule has 10 heteroatoms. The van der Waals surface area contributed by atoms with Crippen LogP contribution in [0.4, 0.5) is 35.1 Å². The monoisotopic (exact) mass is 434 g/mol. The highest BCUT2D eigenvalue weighted by atomic mass is 79.9. The first kappa shape index (κ1) is 17.7. The van der Waals surface area contributed by atoms with Gasteiger partial charge in [-0.1, -0.05) is 31.9 Å². The van der Waals surface area contributed by atoms with Crippen LogP contribution in [0.5, 0.6) is 0 Å². The molecule has 0 amide bonds. The maximum absolute atomic E-state index is 13.2. The van der Waals surface area contributed by atoms with Crippen molar-refractivity contribution in [3.05, 3.63) is 32.2 Å². The average Bonchev–Trinajstić information content (AvgIpc) is 2.27. The van der Waals surface area contributed by atoms with E-state index in [2.05, 4.69) is 31.9 Å². The van der Waals surface area contributed by atoms with Crippen LogP contribution in [-0.2, 0) is 0 Å². The van der Waals surface area contributed by atoms with Gasteiger partial charge < -0.3 is 0 Å². The van der Waals surface area contributed by atoms with Crippen LogP contribution in [0.1, 0.15) is 23.5 Å². The third-order valence-electron chi connectivity index (χ3n) is 2.24. The Bertz CT molecular complexity index is 448.